The molecule has 7 aliphatic rings. The molecule has 1 saturated heterocycles. The van der Waals surface area contributed by atoms with Crippen LogP contribution in [-0.4, -0.2) is 66.0 Å². The van der Waals surface area contributed by atoms with Crippen molar-refractivity contribution >= 4 is 34.0 Å². The van der Waals surface area contributed by atoms with Crippen molar-refractivity contribution in [3.8, 4) is 0 Å². The van der Waals surface area contributed by atoms with Gasteiger partial charge in [-0.2, -0.15) is 17.2 Å². The van der Waals surface area contributed by atoms with Crippen LogP contribution in [-0.2, 0) is 48.2 Å². The Morgan fingerprint density at radius 2 is 1.72 bits per heavy atom. The number of carbonyl (C=O) groups excluding carboxylic acids is 4. The van der Waals surface area contributed by atoms with Crippen LogP contribution in [0.15, 0.2) is 0 Å². The first kappa shape index (κ1) is 29.4. The highest BCUT2D eigenvalue weighted by Crippen LogP contribution is 2.70. The molecule has 1 N–H and O–H groups in total. The van der Waals surface area contributed by atoms with Crippen molar-refractivity contribution in [3.63, 3.8) is 0 Å². The lowest BCUT2D eigenvalue weighted by atomic mass is 9.66. The first-order valence-electron chi connectivity index (χ1n) is 15.3. The van der Waals surface area contributed by atoms with E-state index < -0.39 is 93.8 Å². The molecular weight excluding hydrogens is 594 g/mol. The van der Waals surface area contributed by atoms with E-state index in [4.69, 9.17) is 18.8 Å². The lowest BCUT2D eigenvalue weighted by Gasteiger charge is -2.44. The Bertz CT molecular complexity index is 1370. The van der Waals surface area contributed by atoms with Crippen molar-refractivity contribution in [1.29, 1.82) is 0 Å². The van der Waals surface area contributed by atoms with E-state index >= 15 is 0 Å². The fourth-order valence-corrected chi connectivity index (χ4v) is 11.2. The lowest BCUT2D eigenvalue weighted by Crippen LogP contribution is -2.49. The smallest absolute Gasteiger partial charge is 0.405 e. The van der Waals surface area contributed by atoms with Gasteiger partial charge in [0.25, 0.3) is 0 Å². The Labute approximate surface area is 247 Å². The fraction of sp³-hybridized carbons (Fsp3) is 0.862. The van der Waals surface area contributed by atoms with Crippen LogP contribution in [0.25, 0.3) is 0 Å². The Morgan fingerprint density at radius 3 is 2.42 bits per heavy atom. The number of fused-ring (bicyclic) bond motifs is 10. The summed E-state index contributed by atoms with van der Waals surface area (Å²) >= 11 is 0. The van der Waals surface area contributed by atoms with E-state index in [9.17, 15) is 36.4 Å². The number of rotatable bonds is 9. The fourth-order valence-electron chi connectivity index (χ4n) is 10.7. The summed E-state index contributed by atoms with van der Waals surface area (Å²) in [6.07, 6.45) is 0.786. The summed E-state index contributed by atoms with van der Waals surface area (Å²) in [5.41, 5.74) is -0.590. The molecule has 0 amide bonds. The standard InChI is InChI=1S/C29H36F2O11S/c1-11(29(30,31)43(36,37)38)39-18(32)5-6-19(33)40-24-16-9-15-22(26(34)41-25(15)24)23(16)27(35)42-28(2)10-14-8-17(28)21-13-4-3-12(7-13)20(14)21/h11-17,20-25H,3-10H2,1-2H3,(H,36,37,38). The van der Waals surface area contributed by atoms with Crippen LogP contribution in [0.2, 0.25) is 0 Å². The van der Waals surface area contributed by atoms with Crippen molar-refractivity contribution in [2.24, 2.45) is 59.2 Å². The van der Waals surface area contributed by atoms with Crippen molar-refractivity contribution < 1.29 is 59.9 Å². The second-order valence-electron chi connectivity index (χ2n) is 14.2. The van der Waals surface area contributed by atoms with E-state index in [1.807, 2.05) is 6.92 Å². The van der Waals surface area contributed by atoms with Gasteiger partial charge in [-0.1, -0.05) is 0 Å². The zero-order chi connectivity index (χ0) is 30.8. The number of carbonyl (C=O) groups is 4. The molecule has 1 aliphatic heterocycles. The van der Waals surface area contributed by atoms with Crippen molar-refractivity contribution in [1.82, 2.24) is 0 Å². The summed E-state index contributed by atoms with van der Waals surface area (Å²) in [5.74, 6) is -1.70. The van der Waals surface area contributed by atoms with Gasteiger partial charge in [-0.3, -0.25) is 23.7 Å². The van der Waals surface area contributed by atoms with Crippen LogP contribution >= 0.6 is 0 Å². The van der Waals surface area contributed by atoms with Gasteiger partial charge < -0.3 is 18.9 Å². The Hall–Kier alpha value is -2.35. The SMILES string of the molecule is CC(OC(=O)CCC(=O)OC1C2CC3C1OC(=O)C3C2C(=O)OC1(C)CC2CC1C1C3CCC(C3)C21)C(F)(F)S(=O)(=O)O. The molecule has 0 aromatic carbocycles. The molecule has 1 heterocycles. The van der Waals surface area contributed by atoms with Gasteiger partial charge in [0.2, 0.25) is 0 Å². The van der Waals surface area contributed by atoms with Crippen LogP contribution in [0.5, 0.6) is 0 Å². The summed E-state index contributed by atoms with van der Waals surface area (Å²) in [7, 11) is -5.82. The summed E-state index contributed by atoms with van der Waals surface area (Å²) in [6.45, 7) is 2.63. The summed E-state index contributed by atoms with van der Waals surface area (Å²) in [5, 5.41) is -4.73. The molecule has 0 aromatic rings. The third kappa shape index (κ3) is 4.28. The molecule has 6 saturated carbocycles. The van der Waals surface area contributed by atoms with Crippen molar-refractivity contribution in [2.45, 2.75) is 94.4 Å². The van der Waals surface area contributed by atoms with Gasteiger partial charge in [0.05, 0.1) is 24.7 Å². The molecule has 7 rings (SSSR count). The maximum Gasteiger partial charge on any atom is 0.405 e. The predicted molar refractivity (Wildman–Crippen MR) is 138 cm³/mol. The average Bonchev–Trinajstić information content (AvgIpc) is 3.74. The Kier molecular flexibility index (Phi) is 6.54. The van der Waals surface area contributed by atoms with Crippen LogP contribution in [0, 0.1) is 59.2 Å². The van der Waals surface area contributed by atoms with Crippen LogP contribution in [0.3, 0.4) is 0 Å². The quantitative estimate of drug-likeness (QED) is 0.173. The third-order valence-corrected chi connectivity index (χ3v) is 13.2. The molecule has 14 atom stereocenters. The van der Waals surface area contributed by atoms with Crippen molar-refractivity contribution in [3.05, 3.63) is 0 Å². The molecule has 6 aliphatic carbocycles. The summed E-state index contributed by atoms with van der Waals surface area (Å²) in [4.78, 5) is 51.3. The average molecular weight is 631 g/mol. The number of esters is 4. The zero-order valence-corrected chi connectivity index (χ0v) is 24.7. The van der Waals surface area contributed by atoms with E-state index in [1.165, 1.54) is 19.3 Å². The van der Waals surface area contributed by atoms with Gasteiger partial charge in [-0.05, 0) is 82.0 Å². The number of alkyl halides is 2. The number of ether oxygens (including phenoxy) is 4. The molecule has 14 unspecified atom stereocenters. The van der Waals surface area contributed by atoms with Gasteiger partial charge in [0, 0.05) is 17.8 Å². The number of hydrogen-bond donors (Lipinski definition) is 1. The highest BCUT2D eigenvalue weighted by molar-refractivity contribution is 7.86. The Balaban J connectivity index is 0.979. The minimum atomic E-state index is -5.82. The molecule has 6 bridgehead atoms. The minimum Gasteiger partial charge on any atom is -0.459 e. The van der Waals surface area contributed by atoms with E-state index in [1.54, 1.807) is 0 Å². The molecular formula is C29H36F2O11S. The summed E-state index contributed by atoms with van der Waals surface area (Å²) in [6, 6.07) is 0. The molecule has 0 spiro atoms. The highest BCUT2D eigenvalue weighted by Gasteiger charge is 2.72. The predicted octanol–water partition coefficient (Wildman–Crippen LogP) is 2.90. The lowest BCUT2D eigenvalue weighted by molar-refractivity contribution is -0.182. The van der Waals surface area contributed by atoms with Crippen LogP contribution < -0.4 is 0 Å². The second kappa shape index (κ2) is 9.58. The number of halogens is 2. The molecule has 238 valence electrons. The first-order valence-corrected chi connectivity index (χ1v) is 16.7. The van der Waals surface area contributed by atoms with Gasteiger partial charge in [0.1, 0.15) is 17.8 Å². The van der Waals surface area contributed by atoms with Crippen molar-refractivity contribution in [2.75, 3.05) is 0 Å². The highest BCUT2D eigenvalue weighted by atomic mass is 32.2. The van der Waals surface area contributed by atoms with E-state index in [-0.39, 0.29) is 5.92 Å². The topological polar surface area (TPSA) is 160 Å². The monoisotopic (exact) mass is 630 g/mol. The van der Waals surface area contributed by atoms with Gasteiger partial charge in [0.15, 0.2) is 6.10 Å². The molecule has 0 radical (unpaired) electrons. The minimum absolute atomic E-state index is 0.302. The van der Waals surface area contributed by atoms with E-state index in [0.717, 1.165) is 24.7 Å². The first-order chi connectivity index (χ1) is 20.1. The molecule has 7 fully saturated rings. The summed E-state index contributed by atoms with van der Waals surface area (Å²) < 4.78 is 79.5. The molecule has 11 nitrogen and oxygen atoms in total. The third-order valence-electron chi connectivity index (χ3n) is 12.1. The largest absolute Gasteiger partial charge is 0.459 e. The van der Waals surface area contributed by atoms with Gasteiger partial charge in [-0.25, -0.2) is 0 Å². The molecule has 43 heavy (non-hydrogen) atoms. The molecule has 0 aromatic heterocycles. The normalized spacial score (nSPS) is 45.7. The maximum absolute atomic E-state index is 13.8. The molecule has 14 heteroatoms. The van der Waals surface area contributed by atoms with Crippen LogP contribution in [0.1, 0.15) is 65.2 Å². The Morgan fingerprint density at radius 1 is 1.05 bits per heavy atom. The van der Waals surface area contributed by atoms with E-state index in [0.29, 0.717) is 37.0 Å². The van der Waals surface area contributed by atoms with Gasteiger partial charge >= 0.3 is 39.2 Å². The zero-order valence-electron chi connectivity index (χ0n) is 23.9. The van der Waals surface area contributed by atoms with Gasteiger partial charge in [-0.15, -0.1) is 0 Å². The number of hydrogen-bond acceptors (Lipinski definition) is 10. The van der Waals surface area contributed by atoms with E-state index in [2.05, 4.69) is 4.74 Å². The second-order valence-corrected chi connectivity index (χ2v) is 15.7. The maximum atomic E-state index is 13.8. The van der Waals surface area contributed by atoms with Crippen LogP contribution in [0.4, 0.5) is 8.78 Å².